The number of carboxylic acid groups (broad SMARTS) is 1. The van der Waals surface area contributed by atoms with Crippen LogP contribution < -0.4 is 0 Å². The Morgan fingerprint density at radius 3 is 2.56 bits per heavy atom. The highest BCUT2D eigenvalue weighted by molar-refractivity contribution is 7.93. The number of rotatable bonds is 5. The average Bonchev–Trinajstić information content (AvgIpc) is 2.79. The minimum Gasteiger partial charge on any atom is -0.475 e. The first-order valence-corrected chi connectivity index (χ1v) is 8.99. The lowest BCUT2D eigenvalue weighted by molar-refractivity contribution is -0.327. The van der Waals surface area contributed by atoms with Gasteiger partial charge in [-0.05, 0) is 25.0 Å². The van der Waals surface area contributed by atoms with Gasteiger partial charge in [-0.2, -0.15) is 18.7 Å². The SMILES string of the molecule is N=S(=O)(c1ccccc1)[C@@H]1CC[C@@H]2CN1C(=O)N2OC(F)(F)C(=O)O. The third kappa shape index (κ3) is 2.93. The van der Waals surface area contributed by atoms with Crippen molar-refractivity contribution >= 4 is 21.7 Å². The number of hydrogen-bond acceptors (Lipinski definition) is 5. The predicted octanol–water partition coefficient (Wildman–Crippen LogP) is 1.93. The summed E-state index contributed by atoms with van der Waals surface area (Å²) < 4.78 is 47.8. The normalized spacial score (nSPS) is 25.8. The third-order valence-corrected chi connectivity index (χ3v) is 6.44. The fourth-order valence-electron chi connectivity index (χ4n) is 3.00. The Morgan fingerprint density at radius 1 is 1.32 bits per heavy atom. The molecular weight excluding hydrogens is 360 g/mol. The van der Waals surface area contributed by atoms with Gasteiger partial charge in [-0.25, -0.2) is 18.6 Å². The zero-order valence-corrected chi connectivity index (χ0v) is 13.6. The Hall–Kier alpha value is -2.27. The van der Waals surface area contributed by atoms with Crippen molar-refractivity contribution in [1.82, 2.24) is 9.96 Å². The Labute approximate surface area is 141 Å². The standard InChI is InChI=1S/C14H15F2N3O5S/c15-14(16,12(20)21)24-19-9-6-7-11(18(8-9)13(19)22)25(17,23)10-4-2-1-3-5-10/h1-5,9,11,17H,6-8H2,(H,20,21)/t9-,11-,25?/m1/s1. The molecule has 1 aromatic rings. The first kappa shape index (κ1) is 17.5. The number of nitrogens with one attached hydrogen (secondary N) is 1. The van der Waals surface area contributed by atoms with Gasteiger partial charge in [0.1, 0.15) is 5.37 Å². The number of hydroxylamine groups is 2. The summed E-state index contributed by atoms with van der Waals surface area (Å²) >= 11 is 0. The highest BCUT2D eigenvalue weighted by Gasteiger charge is 2.54. The summed E-state index contributed by atoms with van der Waals surface area (Å²) in [6.07, 6.45) is -4.22. The summed E-state index contributed by atoms with van der Waals surface area (Å²) in [6.45, 7) is -0.0537. The van der Waals surface area contributed by atoms with Crippen molar-refractivity contribution in [2.24, 2.45) is 0 Å². The number of piperidine rings is 1. The van der Waals surface area contributed by atoms with E-state index in [1.54, 1.807) is 18.2 Å². The molecule has 1 unspecified atom stereocenters. The number of alkyl halides is 2. The molecule has 1 aromatic carbocycles. The largest absolute Gasteiger partial charge is 0.476 e. The summed E-state index contributed by atoms with van der Waals surface area (Å²) in [5.74, 6) is -2.51. The van der Waals surface area contributed by atoms with Gasteiger partial charge in [0.05, 0.1) is 15.8 Å². The van der Waals surface area contributed by atoms with Crippen molar-refractivity contribution in [3.8, 4) is 0 Å². The Morgan fingerprint density at radius 2 is 1.96 bits per heavy atom. The zero-order valence-electron chi connectivity index (χ0n) is 12.8. The van der Waals surface area contributed by atoms with E-state index < -0.39 is 39.3 Å². The minimum absolute atomic E-state index is 0.0537. The van der Waals surface area contributed by atoms with Crippen LogP contribution in [0.5, 0.6) is 0 Å². The Balaban J connectivity index is 1.86. The molecule has 2 amide bonds. The molecular formula is C14H15F2N3O5S. The lowest BCUT2D eigenvalue weighted by Gasteiger charge is -2.31. The van der Waals surface area contributed by atoms with Gasteiger partial charge in [0.25, 0.3) is 0 Å². The number of carbonyl (C=O) groups is 2. The predicted molar refractivity (Wildman–Crippen MR) is 80.0 cm³/mol. The van der Waals surface area contributed by atoms with Gasteiger partial charge in [-0.3, -0.25) is 0 Å². The molecule has 0 aromatic heterocycles. The van der Waals surface area contributed by atoms with Crippen molar-refractivity contribution in [3.63, 3.8) is 0 Å². The molecule has 25 heavy (non-hydrogen) atoms. The molecule has 3 rings (SSSR count). The molecule has 0 radical (unpaired) electrons. The molecule has 2 saturated heterocycles. The van der Waals surface area contributed by atoms with Crippen LogP contribution in [-0.4, -0.2) is 55.3 Å². The fourth-order valence-corrected chi connectivity index (χ4v) is 4.88. The van der Waals surface area contributed by atoms with Crippen molar-refractivity contribution in [2.45, 2.75) is 35.3 Å². The number of aliphatic carboxylic acids is 1. The van der Waals surface area contributed by atoms with Crippen LogP contribution in [0.4, 0.5) is 13.6 Å². The van der Waals surface area contributed by atoms with Gasteiger partial charge >= 0.3 is 18.1 Å². The number of benzene rings is 1. The molecule has 3 atom stereocenters. The van der Waals surface area contributed by atoms with E-state index in [2.05, 4.69) is 4.84 Å². The fraction of sp³-hybridized carbons (Fsp3) is 0.429. The maximum atomic E-state index is 13.3. The smallest absolute Gasteiger partial charge is 0.475 e. The highest BCUT2D eigenvalue weighted by atomic mass is 32.2. The molecule has 2 N–H and O–H groups in total. The lowest BCUT2D eigenvalue weighted by atomic mass is 10.1. The molecule has 8 nitrogen and oxygen atoms in total. The molecule has 2 fully saturated rings. The summed E-state index contributed by atoms with van der Waals surface area (Å²) in [5.41, 5.74) is 0. The molecule has 2 aliphatic rings. The molecule has 2 bridgehead atoms. The van der Waals surface area contributed by atoms with E-state index in [-0.39, 0.29) is 24.3 Å². The summed E-state index contributed by atoms with van der Waals surface area (Å²) in [7, 11) is -3.39. The summed E-state index contributed by atoms with van der Waals surface area (Å²) in [4.78, 5) is 28.3. The van der Waals surface area contributed by atoms with Crippen LogP contribution in [0.3, 0.4) is 0 Å². The minimum atomic E-state index is -4.55. The van der Waals surface area contributed by atoms with E-state index in [0.717, 1.165) is 4.90 Å². The molecule has 0 aliphatic carbocycles. The number of fused-ring (bicyclic) bond motifs is 2. The summed E-state index contributed by atoms with van der Waals surface area (Å²) in [5, 5.41) is 7.79. The molecule has 0 spiro atoms. The lowest BCUT2D eigenvalue weighted by Crippen LogP contribution is -2.45. The van der Waals surface area contributed by atoms with E-state index in [0.29, 0.717) is 5.06 Å². The van der Waals surface area contributed by atoms with E-state index >= 15 is 0 Å². The van der Waals surface area contributed by atoms with Crippen LogP contribution in [0.15, 0.2) is 35.2 Å². The number of amides is 2. The van der Waals surface area contributed by atoms with Crippen molar-refractivity contribution < 1.29 is 32.5 Å². The first-order chi connectivity index (χ1) is 11.6. The Kier molecular flexibility index (Phi) is 4.15. The van der Waals surface area contributed by atoms with E-state index in [1.165, 1.54) is 12.1 Å². The molecule has 0 saturated carbocycles. The van der Waals surface area contributed by atoms with Crippen LogP contribution in [0, 0.1) is 4.78 Å². The number of halogens is 2. The van der Waals surface area contributed by atoms with Crippen molar-refractivity contribution in [1.29, 1.82) is 4.78 Å². The second kappa shape index (κ2) is 5.92. The molecule has 2 aliphatic heterocycles. The van der Waals surface area contributed by atoms with Gasteiger partial charge in [-0.1, -0.05) is 18.2 Å². The van der Waals surface area contributed by atoms with Crippen LogP contribution >= 0.6 is 0 Å². The maximum absolute atomic E-state index is 13.3. The number of urea groups is 1. The molecule has 2 heterocycles. The maximum Gasteiger partial charge on any atom is 0.476 e. The van der Waals surface area contributed by atoms with Gasteiger partial charge < -0.3 is 10.0 Å². The van der Waals surface area contributed by atoms with Crippen LogP contribution in [0.2, 0.25) is 0 Å². The average molecular weight is 375 g/mol. The second-order valence-electron chi connectivity index (χ2n) is 5.77. The first-order valence-electron chi connectivity index (χ1n) is 7.37. The van der Waals surface area contributed by atoms with Gasteiger partial charge in [0.15, 0.2) is 0 Å². The number of hydrogen-bond donors (Lipinski definition) is 2. The number of nitrogens with zero attached hydrogens (tertiary/aromatic N) is 2. The third-order valence-electron chi connectivity index (χ3n) is 4.21. The van der Waals surface area contributed by atoms with Gasteiger partial charge in [-0.15, -0.1) is 0 Å². The zero-order chi connectivity index (χ0) is 18.4. The van der Waals surface area contributed by atoms with Crippen molar-refractivity contribution in [3.05, 3.63) is 30.3 Å². The van der Waals surface area contributed by atoms with E-state index in [1.807, 2.05) is 0 Å². The molecule has 11 heteroatoms. The molecule has 136 valence electrons. The van der Waals surface area contributed by atoms with Crippen LogP contribution in [0.25, 0.3) is 0 Å². The van der Waals surface area contributed by atoms with Crippen molar-refractivity contribution in [2.75, 3.05) is 6.54 Å². The van der Waals surface area contributed by atoms with Gasteiger partial charge in [0, 0.05) is 11.4 Å². The highest BCUT2D eigenvalue weighted by Crippen LogP contribution is 2.36. The second-order valence-corrected chi connectivity index (χ2v) is 7.99. The summed E-state index contributed by atoms with van der Waals surface area (Å²) in [6, 6.07) is 6.15. The number of carboxylic acids is 1. The number of carbonyl (C=O) groups excluding carboxylic acids is 1. The van der Waals surface area contributed by atoms with E-state index in [4.69, 9.17) is 9.89 Å². The van der Waals surface area contributed by atoms with Crippen LogP contribution in [0.1, 0.15) is 12.8 Å². The topological polar surface area (TPSA) is 111 Å². The van der Waals surface area contributed by atoms with Gasteiger partial charge in [0.2, 0.25) is 0 Å². The van der Waals surface area contributed by atoms with Crippen LogP contribution in [-0.2, 0) is 19.4 Å². The quantitative estimate of drug-likeness (QED) is 0.817. The monoisotopic (exact) mass is 375 g/mol. The Bertz CT molecular complexity index is 802. The van der Waals surface area contributed by atoms with E-state index in [9.17, 15) is 22.6 Å².